The lowest BCUT2D eigenvalue weighted by Gasteiger charge is -2.07. The summed E-state index contributed by atoms with van der Waals surface area (Å²) in [6.07, 6.45) is 5.59. The van der Waals surface area contributed by atoms with E-state index in [4.69, 9.17) is 10.5 Å². The van der Waals surface area contributed by atoms with Crippen molar-refractivity contribution in [2.45, 2.75) is 45.4 Å². The number of fused-ring (bicyclic) bond motifs is 1. The minimum Gasteiger partial charge on any atom is -0.198 e. The Kier molecular flexibility index (Phi) is 6.59. The van der Waals surface area contributed by atoms with E-state index in [9.17, 15) is 0 Å². The van der Waals surface area contributed by atoms with Gasteiger partial charge >= 0.3 is 0 Å². The van der Waals surface area contributed by atoms with Crippen LogP contribution in [0.15, 0.2) is 24.3 Å². The molecule has 18 heavy (non-hydrogen) atoms. The van der Waals surface area contributed by atoms with E-state index in [1.165, 1.54) is 11.1 Å². The van der Waals surface area contributed by atoms with E-state index in [0.717, 1.165) is 25.7 Å². The van der Waals surface area contributed by atoms with E-state index in [0.29, 0.717) is 18.8 Å². The molecule has 0 N–H and O–H groups in total. The van der Waals surface area contributed by atoms with Crippen LogP contribution in [-0.2, 0) is 0 Å². The van der Waals surface area contributed by atoms with Crippen LogP contribution in [0.25, 0.3) is 11.1 Å². The van der Waals surface area contributed by atoms with Gasteiger partial charge in [0.15, 0.2) is 0 Å². The minimum atomic E-state index is 0.669. The molecule has 0 saturated heterocycles. The van der Waals surface area contributed by atoms with Gasteiger partial charge in [-0.05, 0) is 48.8 Å². The number of hydrogen-bond donors (Lipinski definition) is 0. The van der Waals surface area contributed by atoms with Crippen LogP contribution < -0.4 is 0 Å². The fourth-order valence-corrected chi connectivity index (χ4v) is 1.88. The van der Waals surface area contributed by atoms with Crippen LogP contribution in [0.4, 0.5) is 0 Å². The first-order chi connectivity index (χ1) is 8.77. The Hall–Kier alpha value is -1.80. The Balaban J connectivity index is 0.000000217. The summed E-state index contributed by atoms with van der Waals surface area (Å²) in [6.45, 7) is 2.19. The van der Waals surface area contributed by atoms with Crippen LogP contribution >= 0.6 is 0 Å². The first-order valence-electron chi connectivity index (χ1n) is 6.62. The lowest BCUT2D eigenvalue weighted by molar-refractivity contribution is 0.465. The topological polar surface area (TPSA) is 47.6 Å². The molecule has 2 rings (SSSR count). The number of nitrogens with zero attached hydrogens (tertiary/aromatic N) is 2. The third-order valence-corrected chi connectivity index (χ3v) is 3.08. The largest absolute Gasteiger partial charge is 0.198 e. The Bertz CT molecular complexity index is 400. The SMILES string of the molecule is CC(CCCC#N)CCCC#N.c1cc2cc-2c1. The van der Waals surface area contributed by atoms with Crippen LogP contribution in [-0.4, -0.2) is 0 Å². The van der Waals surface area contributed by atoms with Crippen molar-refractivity contribution in [3.05, 3.63) is 24.3 Å². The van der Waals surface area contributed by atoms with Crippen molar-refractivity contribution in [2.75, 3.05) is 0 Å². The summed E-state index contributed by atoms with van der Waals surface area (Å²) in [5.41, 5.74) is 2.85. The quantitative estimate of drug-likeness (QED) is 0.688. The van der Waals surface area contributed by atoms with Gasteiger partial charge in [-0.15, -0.1) is 0 Å². The summed E-state index contributed by atoms with van der Waals surface area (Å²) in [5, 5.41) is 16.6. The Morgan fingerprint density at radius 1 is 1.00 bits per heavy atom. The zero-order valence-corrected chi connectivity index (χ0v) is 11.0. The van der Waals surface area contributed by atoms with E-state index in [1.807, 2.05) is 0 Å². The number of benzene rings is 1. The van der Waals surface area contributed by atoms with Crippen LogP contribution in [0, 0.1) is 28.6 Å². The van der Waals surface area contributed by atoms with Gasteiger partial charge < -0.3 is 0 Å². The fourth-order valence-electron chi connectivity index (χ4n) is 1.88. The molecule has 0 radical (unpaired) electrons. The summed E-state index contributed by atoms with van der Waals surface area (Å²) in [5.74, 6) is 0.673. The second-order valence-corrected chi connectivity index (χ2v) is 4.79. The zero-order valence-electron chi connectivity index (χ0n) is 11.0. The van der Waals surface area contributed by atoms with E-state index in [1.54, 1.807) is 0 Å². The second-order valence-electron chi connectivity index (χ2n) is 4.79. The van der Waals surface area contributed by atoms with E-state index in [-0.39, 0.29) is 0 Å². The molecule has 0 amide bonds. The van der Waals surface area contributed by atoms with Gasteiger partial charge in [-0.3, -0.25) is 0 Å². The highest BCUT2D eigenvalue weighted by molar-refractivity contribution is 5.80. The standard InChI is InChI=1S/C10H16N2.C6H4/c1-10(6-2-4-8-11)7-3-5-9-12;1-2-5-4-6(5)3-1/h10H,2-7H2,1H3;1-4H. The third-order valence-electron chi connectivity index (χ3n) is 3.08. The first-order valence-corrected chi connectivity index (χ1v) is 6.62. The minimum absolute atomic E-state index is 0.669. The molecule has 0 aromatic rings. The predicted octanol–water partition coefficient (Wildman–Crippen LogP) is 4.68. The maximum absolute atomic E-state index is 8.30. The molecule has 0 bridgehead atoms. The molecular formula is C16H20N2. The Morgan fingerprint density at radius 2 is 1.50 bits per heavy atom. The van der Waals surface area contributed by atoms with Crippen LogP contribution in [0.3, 0.4) is 0 Å². The molecule has 0 unspecified atom stereocenters. The molecule has 0 saturated carbocycles. The highest BCUT2D eigenvalue weighted by Gasteiger charge is 2.07. The summed E-state index contributed by atoms with van der Waals surface area (Å²) in [6, 6.07) is 12.8. The van der Waals surface area contributed by atoms with Gasteiger partial charge in [-0.25, -0.2) is 0 Å². The molecule has 0 aromatic heterocycles. The summed E-state index contributed by atoms with van der Waals surface area (Å²) >= 11 is 0. The molecule has 2 aliphatic rings. The van der Waals surface area contributed by atoms with Crippen molar-refractivity contribution < 1.29 is 0 Å². The van der Waals surface area contributed by atoms with Gasteiger partial charge in [-0.2, -0.15) is 10.5 Å². The molecular weight excluding hydrogens is 220 g/mol. The van der Waals surface area contributed by atoms with Gasteiger partial charge in [-0.1, -0.05) is 25.1 Å². The van der Waals surface area contributed by atoms with Crippen molar-refractivity contribution in [1.29, 1.82) is 10.5 Å². The highest BCUT2D eigenvalue weighted by atomic mass is 14.2. The number of rotatable bonds is 6. The van der Waals surface area contributed by atoms with Crippen molar-refractivity contribution in [3.8, 4) is 23.3 Å². The van der Waals surface area contributed by atoms with Crippen molar-refractivity contribution in [2.24, 2.45) is 5.92 Å². The maximum atomic E-state index is 8.30. The molecule has 2 aliphatic carbocycles. The van der Waals surface area contributed by atoms with Gasteiger partial charge in [0, 0.05) is 12.8 Å². The molecule has 2 heteroatoms. The lowest BCUT2D eigenvalue weighted by Crippen LogP contribution is -1.93. The molecule has 0 fully saturated rings. The average molecular weight is 240 g/mol. The van der Waals surface area contributed by atoms with Crippen LogP contribution in [0.5, 0.6) is 0 Å². The second kappa shape index (κ2) is 8.31. The Labute approximate surface area is 110 Å². The molecule has 0 aliphatic heterocycles. The van der Waals surface area contributed by atoms with Crippen LogP contribution in [0.2, 0.25) is 0 Å². The fraction of sp³-hybridized carbons (Fsp3) is 0.500. The number of unbranched alkanes of at least 4 members (excludes halogenated alkanes) is 2. The summed E-state index contributed by atoms with van der Waals surface area (Å²) < 4.78 is 0. The summed E-state index contributed by atoms with van der Waals surface area (Å²) in [7, 11) is 0. The normalized spacial score (nSPS) is 10.0. The average Bonchev–Trinajstić information content (AvgIpc) is 2.98. The number of nitriles is 2. The molecule has 2 nitrogen and oxygen atoms in total. The predicted molar refractivity (Wildman–Crippen MR) is 73.5 cm³/mol. The van der Waals surface area contributed by atoms with Gasteiger partial charge in [0.2, 0.25) is 0 Å². The van der Waals surface area contributed by atoms with E-state index in [2.05, 4.69) is 43.3 Å². The van der Waals surface area contributed by atoms with E-state index < -0.39 is 0 Å². The molecule has 0 aromatic carbocycles. The molecule has 0 atom stereocenters. The first kappa shape index (κ1) is 14.3. The maximum Gasteiger partial charge on any atom is 0.0621 e. The monoisotopic (exact) mass is 240 g/mol. The smallest absolute Gasteiger partial charge is 0.0621 e. The van der Waals surface area contributed by atoms with Crippen molar-refractivity contribution in [3.63, 3.8) is 0 Å². The Morgan fingerprint density at radius 3 is 1.78 bits per heavy atom. The lowest BCUT2D eigenvalue weighted by atomic mass is 9.98. The third kappa shape index (κ3) is 6.06. The summed E-state index contributed by atoms with van der Waals surface area (Å²) in [4.78, 5) is 0. The molecule has 0 heterocycles. The molecule has 94 valence electrons. The number of hydrogen-bond acceptors (Lipinski definition) is 2. The van der Waals surface area contributed by atoms with Gasteiger partial charge in [0.1, 0.15) is 0 Å². The van der Waals surface area contributed by atoms with E-state index >= 15 is 0 Å². The van der Waals surface area contributed by atoms with Gasteiger partial charge in [0.05, 0.1) is 12.1 Å². The van der Waals surface area contributed by atoms with Gasteiger partial charge in [0.25, 0.3) is 0 Å². The zero-order chi connectivity index (χ0) is 13.2. The van der Waals surface area contributed by atoms with Crippen LogP contribution in [0.1, 0.15) is 45.4 Å². The highest BCUT2D eigenvalue weighted by Crippen LogP contribution is 2.32. The molecule has 0 spiro atoms. The van der Waals surface area contributed by atoms with Crippen molar-refractivity contribution in [1.82, 2.24) is 0 Å². The van der Waals surface area contributed by atoms with Crippen molar-refractivity contribution >= 4 is 0 Å².